The molecular weight excluding hydrogens is 315 g/mol. The fourth-order valence-electron chi connectivity index (χ4n) is 2.53. The van der Waals surface area contributed by atoms with Gasteiger partial charge < -0.3 is 10.3 Å². The molecule has 5 heteroatoms. The van der Waals surface area contributed by atoms with E-state index in [9.17, 15) is 9.18 Å². The van der Waals surface area contributed by atoms with Crippen molar-refractivity contribution in [3.8, 4) is 0 Å². The van der Waals surface area contributed by atoms with Crippen molar-refractivity contribution in [2.24, 2.45) is 0 Å². The van der Waals surface area contributed by atoms with Gasteiger partial charge in [0.25, 0.3) is 0 Å². The number of carbonyl (C=O) groups excluding carboxylic acids is 1. The summed E-state index contributed by atoms with van der Waals surface area (Å²) in [5.74, 6) is -0.503. The molecule has 118 valence electrons. The van der Waals surface area contributed by atoms with Crippen LogP contribution >= 0.6 is 11.6 Å². The van der Waals surface area contributed by atoms with E-state index in [1.807, 2.05) is 30.5 Å². The summed E-state index contributed by atoms with van der Waals surface area (Å²) in [5.41, 5.74) is 2.97. The van der Waals surface area contributed by atoms with Gasteiger partial charge in [0, 0.05) is 30.1 Å². The molecule has 3 rings (SSSR count). The number of aromatic amines is 1. The summed E-state index contributed by atoms with van der Waals surface area (Å²) in [6, 6.07) is 12.5. The topological polar surface area (TPSA) is 44.9 Å². The molecule has 2 N–H and O–H groups in total. The Morgan fingerprint density at radius 2 is 2.04 bits per heavy atom. The molecule has 0 unspecified atom stereocenters. The quantitative estimate of drug-likeness (QED) is 0.723. The van der Waals surface area contributed by atoms with Crippen molar-refractivity contribution in [2.75, 3.05) is 0 Å². The molecule has 0 saturated carbocycles. The van der Waals surface area contributed by atoms with Crippen LogP contribution in [0.3, 0.4) is 0 Å². The maximum absolute atomic E-state index is 13.1. The molecule has 0 radical (unpaired) electrons. The molecule has 0 aliphatic heterocycles. The summed E-state index contributed by atoms with van der Waals surface area (Å²) in [4.78, 5) is 15.2. The number of benzene rings is 2. The molecule has 1 aromatic heterocycles. The van der Waals surface area contributed by atoms with Gasteiger partial charge in [0.1, 0.15) is 5.82 Å². The maximum atomic E-state index is 13.1. The van der Waals surface area contributed by atoms with Crippen LogP contribution in [-0.4, -0.2) is 10.9 Å². The van der Waals surface area contributed by atoms with Gasteiger partial charge in [-0.2, -0.15) is 0 Å². The number of aromatic nitrogens is 1. The lowest BCUT2D eigenvalue weighted by Gasteiger charge is -2.06. The number of H-pyrrole nitrogens is 1. The van der Waals surface area contributed by atoms with Crippen LogP contribution in [0.5, 0.6) is 0 Å². The fourth-order valence-corrected chi connectivity index (χ4v) is 2.73. The Morgan fingerprint density at radius 1 is 1.22 bits per heavy atom. The van der Waals surface area contributed by atoms with E-state index in [-0.39, 0.29) is 10.9 Å². The second kappa shape index (κ2) is 6.84. The van der Waals surface area contributed by atoms with Gasteiger partial charge in [-0.15, -0.1) is 0 Å². The molecule has 0 atom stereocenters. The third-order valence-electron chi connectivity index (χ3n) is 3.77. The average Bonchev–Trinajstić information content (AvgIpc) is 2.97. The monoisotopic (exact) mass is 330 g/mol. The third kappa shape index (κ3) is 3.71. The molecule has 2 aromatic carbocycles. The van der Waals surface area contributed by atoms with Gasteiger partial charge in [-0.3, -0.25) is 4.79 Å². The summed E-state index contributed by atoms with van der Waals surface area (Å²) in [7, 11) is 0. The first-order valence-corrected chi connectivity index (χ1v) is 7.77. The molecular formula is C18H16ClFN2O. The maximum Gasteiger partial charge on any atom is 0.220 e. The van der Waals surface area contributed by atoms with Crippen molar-refractivity contribution >= 4 is 28.4 Å². The summed E-state index contributed by atoms with van der Waals surface area (Å²) in [5, 5.41) is 4.04. The molecule has 0 aliphatic rings. The standard InChI is InChI=1S/C18H16ClFN2O/c19-15-9-12(5-7-16(15)20)10-22-18(23)8-6-13-11-21-17-4-2-1-3-14(13)17/h1-5,7,9,11,21H,6,8,10H2,(H,22,23). The van der Waals surface area contributed by atoms with Crippen LogP contribution in [0.4, 0.5) is 4.39 Å². The Morgan fingerprint density at radius 3 is 2.87 bits per heavy atom. The van der Waals surface area contributed by atoms with Crippen LogP contribution in [0.25, 0.3) is 10.9 Å². The molecule has 1 amide bonds. The van der Waals surface area contributed by atoms with Crippen LogP contribution in [0.2, 0.25) is 5.02 Å². The number of hydrogen-bond acceptors (Lipinski definition) is 1. The van der Waals surface area contributed by atoms with E-state index in [1.54, 1.807) is 6.07 Å². The summed E-state index contributed by atoms with van der Waals surface area (Å²) in [6.07, 6.45) is 3.01. The van der Waals surface area contributed by atoms with E-state index in [1.165, 1.54) is 12.1 Å². The molecule has 0 bridgehead atoms. The minimum atomic E-state index is -0.457. The highest BCUT2D eigenvalue weighted by Crippen LogP contribution is 2.19. The van der Waals surface area contributed by atoms with Gasteiger partial charge in [0.2, 0.25) is 5.91 Å². The first-order chi connectivity index (χ1) is 11.1. The molecule has 0 aliphatic carbocycles. The lowest BCUT2D eigenvalue weighted by atomic mass is 10.1. The summed E-state index contributed by atoms with van der Waals surface area (Å²) in [6.45, 7) is 0.340. The van der Waals surface area contributed by atoms with Gasteiger partial charge in [-0.1, -0.05) is 35.9 Å². The number of para-hydroxylation sites is 1. The average molecular weight is 331 g/mol. The van der Waals surface area contributed by atoms with E-state index >= 15 is 0 Å². The zero-order chi connectivity index (χ0) is 16.2. The molecule has 3 aromatic rings. The number of hydrogen-bond donors (Lipinski definition) is 2. The number of halogens is 2. The van der Waals surface area contributed by atoms with Crippen LogP contribution in [0.1, 0.15) is 17.5 Å². The predicted molar refractivity (Wildman–Crippen MR) is 89.9 cm³/mol. The van der Waals surface area contributed by atoms with Crippen molar-refractivity contribution in [1.82, 2.24) is 10.3 Å². The van der Waals surface area contributed by atoms with Crippen molar-refractivity contribution in [2.45, 2.75) is 19.4 Å². The van der Waals surface area contributed by atoms with Crippen LogP contribution < -0.4 is 5.32 Å². The SMILES string of the molecule is O=C(CCc1c[nH]c2ccccc12)NCc1ccc(F)c(Cl)c1. The Bertz CT molecular complexity index is 844. The Labute approximate surface area is 138 Å². The second-order valence-corrected chi connectivity index (χ2v) is 5.79. The number of nitrogens with one attached hydrogen (secondary N) is 2. The zero-order valence-corrected chi connectivity index (χ0v) is 13.2. The number of fused-ring (bicyclic) bond motifs is 1. The highest BCUT2D eigenvalue weighted by Gasteiger charge is 2.07. The van der Waals surface area contributed by atoms with Gasteiger partial charge in [0.05, 0.1) is 5.02 Å². The van der Waals surface area contributed by atoms with Crippen molar-refractivity contribution in [1.29, 1.82) is 0 Å². The smallest absolute Gasteiger partial charge is 0.220 e. The fraction of sp³-hybridized carbons (Fsp3) is 0.167. The Hall–Kier alpha value is -2.33. The highest BCUT2D eigenvalue weighted by atomic mass is 35.5. The van der Waals surface area contributed by atoms with Crippen LogP contribution in [0.15, 0.2) is 48.7 Å². The van der Waals surface area contributed by atoms with Gasteiger partial charge in [0.15, 0.2) is 0 Å². The number of amides is 1. The van der Waals surface area contributed by atoms with E-state index < -0.39 is 5.82 Å². The normalized spacial score (nSPS) is 10.9. The molecule has 23 heavy (non-hydrogen) atoms. The molecule has 1 heterocycles. The first-order valence-electron chi connectivity index (χ1n) is 7.39. The largest absolute Gasteiger partial charge is 0.361 e. The third-order valence-corrected chi connectivity index (χ3v) is 4.06. The number of rotatable bonds is 5. The van der Waals surface area contributed by atoms with Crippen LogP contribution in [-0.2, 0) is 17.8 Å². The Balaban J connectivity index is 1.54. The molecule has 0 spiro atoms. The van der Waals surface area contributed by atoms with Gasteiger partial charge >= 0.3 is 0 Å². The molecule has 0 fully saturated rings. The minimum Gasteiger partial charge on any atom is -0.361 e. The Kier molecular flexibility index (Phi) is 4.63. The minimum absolute atomic E-state index is 0.0456. The lowest BCUT2D eigenvalue weighted by Crippen LogP contribution is -2.23. The van der Waals surface area contributed by atoms with E-state index in [0.29, 0.717) is 19.4 Å². The highest BCUT2D eigenvalue weighted by molar-refractivity contribution is 6.30. The first kappa shape index (κ1) is 15.6. The van der Waals surface area contributed by atoms with Crippen LogP contribution in [0, 0.1) is 5.82 Å². The molecule has 3 nitrogen and oxygen atoms in total. The number of carbonyl (C=O) groups is 1. The number of aryl methyl sites for hydroxylation is 1. The van der Waals surface area contributed by atoms with E-state index in [0.717, 1.165) is 22.0 Å². The summed E-state index contributed by atoms with van der Waals surface area (Å²) >= 11 is 5.72. The van der Waals surface area contributed by atoms with Gasteiger partial charge in [-0.05, 0) is 35.7 Å². The summed E-state index contributed by atoms with van der Waals surface area (Å²) < 4.78 is 13.1. The van der Waals surface area contributed by atoms with Gasteiger partial charge in [-0.25, -0.2) is 4.39 Å². The van der Waals surface area contributed by atoms with E-state index in [2.05, 4.69) is 10.3 Å². The molecule has 0 saturated heterocycles. The predicted octanol–water partition coefficient (Wildman–Crippen LogP) is 4.21. The van der Waals surface area contributed by atoms with E-state index in [4.69, 9.17) is 11.6 Å². The lowest BCUT2D eigenvalue weighted by molar-refractivity contribution is -0.121. The van der Waals surface area contributed by atoms with Crippen molar-refractivity contribution in [3.63, 3.8) is 0 Å². The zero-order valence-electron chi connectivity index (χ0n) is 12.4. The van der Waals surface area contributed by atoms with Crippen molar-refractivity contribution in [3.05, 3.63) is 70.6 Å². The van der Waals surface area contributed by atoms with Crippen molar-refractivity contribution < 1.29 is 9.18 Å². The second-order valence-electron chi connectivity index (χ2n) is 5.38.